The third-order valence-electron chi connectivity index (χ3n) is 3.95. The van der Waals surface area contributed by atoms with Crippen LogP contribution in [0.25, 0.3) is 17.1 Å². The van der Waals surface area contributed by atoms with Crippen LogP contribution in [-0.4, -0.2) is 21.7 Å². The van der Waals surface area contributed by atoms with Gasteiger partial charge in [0, 0.05) is 16.5 Å². The third kappa shape index (κ3) is 2.43. The Morgan fingerprint density at radius 2 is 1.96 bits per heavy atom. The summed E-state index contributed by atoms with van der Waals surface area (Å²) in [4.78, 5) is 0. The fourth-order valence-electron chi connectivity index (χ4n) is 2.72. The van der Waals surface area contributed by atoms with Gasteiger partial charge in [-0.1, -0.05) is 35.5 Å². The van der Waals surface area contributed by atoms with E-state index >= 15 is 0 Å². The molecule has 1 aromatic heterocycles. The van der Waals surface area contributed by atoms with Crippen LogP contribution in [0.15, 0.2) is 53.0 Å². The van der Waals surface area contributed by atoms with E-state index in [4.69, 9.17) is 21.1 Å². The molecule has 124 valence electrons. The van der Waals surface area contributed by atoms with Crippen LogP contribution in [0.1, 0.15) is 5.56 Å². The topological polar surface area (TPSA) is 61.2 Å². The molecule has 25 heavy (non-hydrogen) atoms. The normalized spacial score (nSPS) is 14.7. The molecule has 0 spiro atoms. The van der Waals surface area contributed by atoms with Gasteiger partial charge in [-0.2, -0.15) is 0 Å². The summed E-state index contributed by atoms with van der Waals surface area (Å²) in [6.07, 6.45) is 0. The molecule has 0 saturated carbocycles. The Morgan fingerprint density at radius 3 is 2.88 bits per heavy atom. The van der Waals surface area contributed by atoms with Gasteiger partial charge in [0.25, 0.3) is 0 Å². The molecule has 0 bridgehead atoms. The van der Waals surface area contributed by atoms with Crippen molar-refractivity contribution in [1.29, 1.82) is 0 Å². The zero-order valence-electron chi connectivity index (χ0n) is 12.8. The maximum atomic E-state index is 6.31. The number of hydrogen-bond donors (Lipinski definition) is 1. The van der Waals surface area contributed by atoms with E-state index in [0.717, 1.165) is 33.5 Å². The summed E-state index contributed by atoms with van der Waals surface area (Å²) in [5.74, 6) is 2.17. The van der Waals surface area contributed by atoms with Crippen molar-refractivity contribution in [3.8, 4) is 22.9 Å². The van der Waals surface area contributed by atoms with Gasteiger partial charge in [-0.15, -0.1) is 10.2 Å². The van der Waals surface area contributed by atoms with Crippen LogP contribution in [0, 0.1) is 0 Å². The number of ether oxygens (including phenoxy) is 2. The predicted octanol–water partition coefficient (Wildman–Crippen LogP) is 3.98. The lowest BCUT2D eigenvalue weighted by Gasteiger charge is -2.19. The lowest BCUT2D eigenvalue weighted by atomic mass is 10.1. The van der Waals surface area contributed by atoms with E-state index in [0.29, 0.717) is 10.8 Å². The maximum Gasteiger partial charge on any atom is 0.231 e. The molecule has 3 aromatic rings. The van der Waals surface area contributed by atoms with Crippen molar-refractivity contribution < 1.29 is 9.47 Å². The van der Waals surface area contributed by atoms with Crippen LogP contribution in [0.5, 0.6) is 11.5 Å². The highest BCUT2D eigenvalue weighted by molar-refractivity contribution is 8.02. The second-order valence-electron chi connectivity index (χ2n) is 5.45. The highest BCUT2D eigenvalue weighted by atomic mass is 35.5. The predicted molar refractivity (Wildman–Crippen MR) is 96.2 cm³/mol. The molecule has 0 atom stereocenters. The maximum absolute atomic E-state index is 6.31. The largest absolute Gasteiger partial charge is 0.454 e. The second kappa shape index (κ2) is 5.72. The molecule has 6 nitrogen and oxygen atoms in total. The van der Waals surface area contributed by atoms with Gasteiger partial charge >= 0.3 is 0 Å². The average Bonchev–Trinajstić information content (AvgIpc) is 3.27. The van der Waals surface area contributed by atoms with E-state index < -0.39 is 0 Å². The minimum Gasteiger partial charge on any atom is -0.454 e. The number of halogens is 1. The molecule has 0 aliphatic carbocycles. The van der Waals surface area contributed by atoms with Crippen molar-refractivity contribution in [3.05, 3.63) is 58.5 Å². The first-order chi connectivity index (χ1) is 12.3. The van der Waals surface area contributed by atoms with Gasteiger partial charge < -0.3 is 9.47 Å². The first kappa shape index (κ1) is 14.7. The average molecular weight is 371 g/mol. The molecule has 5 rings (SSSR count). The molecule has 0 saturated heterocycles. The van der Waals surface area contributed by atoms with Crippen molar-refractivity contribution >= 4 is 29.1 Å². The van der Waals surface area contributed by atoms with E-state index in [1.807, 2.05) is 52.5 Å². The minimum absolute atomic E-state index is 0.256. The lowest BCUT2D eigenvalue weighted by Crippen LogP contribution is -2.18. The molecular formula is C17H11ClN4O2S. The third-order valence-corrected chi connectivity index (χ3v) is 5.10. The molecule has 0 amide bonds. The Labute approximate surface area is 152 Å². The molecule has 2 aliphatic rings. The summed E-state index contributed by atoms with van der Waals surface area (Å²) >= 11 is 7.81. The number of aromatic nitrogens is 3. The number of rotatable bonds is 2. The van der Waals surface area contributed by atoms with Crippen molar-refractivity contribution in [2.24, 2.45) is 0 Å². The lowest BCUT2D eigenvalue weighted by molar-refractivity contribution is 0.174. The number of hydrogen-bond acceptors (Lipinski definition) is 6. The summed E-state index contributed by atoms with van der Waals surface area (Å²) < 4.78 is 12.7. The van der Waals surface area contributed by atoms with Gasteiger partial charge in [0.2, 0.25) is 11.9 Å². The first-order valence-electron chi connectivity index (χ1n) is 7.54. The molecule has 1 N–H and O–H groups in total. The molecule has 0 fully saturated rings. The van der Waals surface area contributed by atoms with Crippen LogP contribution < -0.4 is 14.9 Å². The molecule has 0 radical (unpaired) electrons. The van der Waals surface area contributed by atoms with E-state index in [-0.39, 0.29) is 6.79 Å². The molecule has 0 unspecified atom stereocenters. The van der Waals surface area contributed by atoms with Crippen molar-refractivity contribution in [1.82, 2.24) is 14.9 Å². The van der Waals surface area contributed by atoms with E-state index in [2.05, 4.69) is 15.6 Å². The summed E-state index contributed by atoms with van der Waals surface area (Å²) in [5, 5.41) is 11.9. The molecule has 2 aliphatic heterocycles. The zero-order valence-corrected chi connectivity index (χ0v) is 14.3. The van der Waals surface area contributed by atoms with Gasteiger partial charge in [-0.05, 0) is 30.3 Å². The Hall–Kier alpha value is -2.64. The van der Waals surface area contributed by atoms with Gasteiger partial charge in [0.15, 0.2) is 17.3 Å². The Bertz CT molecular complexity index is 1020. The monoisotopic (exact) mass is 370 g/mol. The summed E-state index contributed by atoms with van der Waals surface area (Å²) in [7, 11) is 0. The molecule has 2 aromatic carbocycles. The van der Waals surface area contributed by atoms with Crippen LogP contribution in [0.3, 0.4) is 0 Å². The van der Waals surface area contributed by atoms with Crippen LogP contribution in [0.4, 0.5) is 0 Å². The van der Waals surface area contributed by atoms with Crippen molar-refractivity contribution in [2.75, 3.05) is 12.2 Å². The van der Waals surface area contributed by atoms with E-state index in [1.165, 1.54) is 11.8 Å². The minimum atomic E-state index is 0.256. The molecule has 8 heteroatoms. The van der Waals surface area contributed by atoms with Crippen LogP contribution in [0.2, 0.25) is 5.02 Å². The summed E-state index contributed by atoms with van der Waals surface area (Å²) in [5.41, 5.74) is 6.09. The standard InChI is InChI=1S/C17H11ClN4O2S/c18-12-4-2-1-3-11(12)16-19-20-17-22(16)21-13(8-25-17)10-5-6-14-15(7-10)24-9-23-14/h1-8,21H,9H2. The number of fused-ring (bicyclic) bond motifs is 2. The van der Waals surface area contributed by atoms with Gasteiger partial charge in [0.05, 0.1) is 10.7 Å². The van der Waals surface area contributed by atoms with Crippen LogP contribution in [-0.2, 0) is 0 Å². The van der Waals surface area contributed by atoms with E-state index in [1.54, 1.807) is 0 Å². The van der Waals surface area contributed by atoms with Gasteiger partial charge in [-0.25, -0.2) is 4.68 Å². The SMILES string of the molecule is Clc1ccccc1-c1nnc2n1NC(c1ccc3c(c1)OCO3)=CS2. The quantitative estimate of drug-likeness (QED) is 0.736. The highest BCUT2D eigenvalue weighted by Crippen LogP contribution is 2.37. The van der Waals surface area contributed by atoms with Crippen molar-refractivity contribution in [2.45, 2.75) is 5.16 Å². The number of nitrogens with one attached hydrogen (secondary N) is 1. The first-order valence-corrected chi connectivity index (χ1v) is 8.79. The summed E-state index contributed by atoms with van der Waals surface area (Å²) in [6.45, 7) is 0.256. The second-order valence-corrected chi connectivity index (χ2v) is 6.69. The van der Waals surface area contributed by atoms with Gasteiger partial charge in [-0.3, -0.25) is 5.43 Å². The molecular weight excluding hydrogens is 360 g/mol. The van der Waals surface area contributed by atoms with Gasteiger partial charge in [0.1, 0.15) is 0 Å². The Morgan fingerprint density at radius 1 is 1.08 bits per heavy atom. The smallest absolute Gasteiger partial charge is 0.231 e. The highest BCUT2D eigenvalue weighted by Gasteiger charge is 2.22. The number of nitrogens with zero attached hydrogens (tertiary/aromatic N) is 3. The Kier molecular flexibility index (Phi) is 3.36. The Balaban J connectivity index is 1.52. The zero-order chi connectivity index (χ0) is 16.8. The van der Waals surface area contributed by atoms with Crippen LogP contribution >= 0.6 is 23.4 Å². The summed E-state index contributed by atoms with van der Waals surface area (Å²) in [6, 6.07) is 13.4. The van der Waals surface area contributed by atoms with E-state index in [9.17, 15) is 0 Å². The fourth-order valence-corrected chi connectivity index (χ4v) is 3.68. The number of thioether (sulfide) groups is 1. The number of benzene rings is 2. The van der Waals surface area contributed by atoms with Crippen molar-refractivity contribution in [3.63, 3.8) is 0 Å². The fraction of sp³-hybridized carbons (Fsp3) is 0.0588. The molecule has 3 heterocycles.